The first-order valence-electron chi connectivity index (χ1n) is 7.20. The van der Waals surface area contributed by atoms with Crippen LogP contribution in [0.25, 0.3) is 0 Å². The molecule has 1 atom stereocenters. The highest BCUT2D eigenvalue weighted by Gasteiger charge is 2.22. The van der Waals surface area contributed by atoms with Gasteiger partial charge in [0.2, 0.25) is 0 Å². The van der Waals surface area contributed by atoms with E-state index in [1.165, 1.54) is 5.56 Å². The molecule has 1 unspecified atom stereocenters. The van der Waals surface area contributed by atoms with Crippen LogP contribution in [0.15, 0.2) is 36.5 Å². The summed E-state index contributed by atoms with van der Waals surface area (Å²) in [6.07, 6.45) is 5.02. The predicted octanol–water partition coefficient (Wildman–Crippen LogP) is 3.58. The number of anilines is 1. The van der Waals surface area contributed by atoms with E-state index in [2.05, 4.69) is 16.4 Å². The Morgan fingerprint density at radius 3 is 3.00 bits per heavy atom. The molecular formula is C17H18N2O2. The molecule has 0 spiro atoms. The van der Waals surface area contributed by atoms with Crippen LogP contribution in [0.2, 0.25) is 0 Å². The largest absolute Gasteiger partial charge is 0.478 e. The number of hydrogen-bond donors (Lipinski definition) is 2. The summed E-state index contributed by atoms with van der Waals surface area (Å²) < 4.78 is 0. The van der Waals surface area contributed by atoms with Crippen molar-refractivity contribution in [3.05, 3.63) is 58.9 Å². The van der Waals surface area contributed by atoms with E-state index in [0.717, 1.165) is 36.2 Å². The van der Waals surface area contributed by atoms with Gasteiger partial charge in [-0.25, -0.2) is 4.79 Å². The summed E-state index contributed by atoms with van der Waals surface area (Å²) >= 11 is 0. The number of carbonyl (C=O) groups is 1. The molecule has 2 aromatic rings. The first-order valence-corrected chi connectivity index (χ1v) is 7.20. The Bertz CT molecular complexity index is 682. The topological polar surface area (TPSA) is 62.2 Å². The number of aryl methyl sites for hydroxylation is 1. The van der Waals surface area contributed by atoms with Gasteiger partial charge < -0.3 is 10.4 Å². The van der Waals surface area contributed by atoms with Crippen LogP contribution in [0, 0.1) is 6.92 Å². The number of benzene rings is 1. The maximum Gasteiger partial charge on any atom is 0.336 e. The van der Waals surface area contributed by atoms with Crippen molar-refractivity contribution in [3.63, 3.8) is 0 Å². The third-order valence-corrected chi connectivity index (χ3v) is 4.09. The predicted molar refractivity (Wildman–Crippen MR) is 81.7 cm³/mol. The number of fused-ring (bicyclic) bond motifs is 1. The molecule has 0 amide bonds. The van der Waals surface area contributed by atoms with Gasteiger partial charge in [-0.2, -0.15) is 0 Å². The Hall–Kier alpha value is -2.36. The molecule has 2 N–H and O–H groups in total. The Labute approximate surface area is 123 Å². The highest BCUT2D eigenvalue weighted by molar-refractivity contribution is 5.91. The third-order valence-electron chi connectivity index (χ3n) is 4.09. The van der Waals surface area contributed by atoms with E-state index < -0.39 is 5.97 Å². The summed E-state index contributed by atoms with van der Waals surface area (Å²) in [5, 5.41) is 12.7. The number of rotatable bonds is 3. The number of carboxylic acids is 1. The van der Waals surface area contributed by atoms with Gasteiger partial charge in [0.15, 0.2) is 0 Å². The Balaban J connectivity index is 1.92. The summed E-state index contributed by atoms with van der Waals surface area (Å²) in [6.45, 7) is 1.84. The SMILES string of the molecule is Cc1c(NC2CCCc3cccnc32)cccc1C(=O)O. The van der Waals surface area contributed by atoms with E-state index in [1.807, 2.05) is 25.3 Å². The molecule has 4 nitrogen and oxygen atoms in total. The highest BCUT2D eigenvalue weighted by Crippen LogP contribution is 2.32. The summed E-state index contributed by atoms with van der Waals surface area (Å²) in [5.74, 6) is -0.890. The molecule has 0 fully saturated rings. The molecule has 3 rings (SSSR count). The van der Waals surface area contributed by atoms with E-state index in [4.69, 9.17) is 0 Å². The molecule has 1 aromatic carbocycles. The summed E-state index contributed by atoms with van der Waals surface area (Å²) in [5.41, 5.74) is 4.36. The van der Waals surface area contributed by atoms with Gasteiger partial charge in [-0.1, -0.05) is 12.1 Å². The van der Waals surface area contributed by atoms with Crippen LogP contribution in [-0.2, 0) is 6.42 Å². The molecule has 108 valence electrons. The molecular weight excluding hydrogens is 264 g/mol. The maximum absolute atomic E-state index is 11.2. The van der Waals surface area contributed by atoms with Crippen LogP contribution in [-0.4, -0.2) is 16.1 Å². The zero-order chi connectivity index (χ0) is 14.8. The number of pyridine rings is 1. The zero-order valence-electron chi connectivity index (χ0n) is 12.0. The molecule has 0 bridgehead atoms. The average molecular weight is 282 g/mol. The second kappa shape index (κ2) is 5.56. The molecule has 1 heterocycles. The fourth-order valence-corrected chi connectivity index (χ4v) is 2.96. The van der Waals surface area contributed by atoms with E-state index in [0.29, 0.717) is 5.56 Å². The monoisotopic (exact) mass is 282 g/mol. The Kier molecular flexibility index (Phi) is 3.60. The lowest BCUT2D eigenvalue weighted by molar-refractivity contribution is 0.0696. The molecule has 0 radical (unpaired) electrons. The standard InChI is InChI=1S/C17H18N2O2/c1-11-13(17(20)21)7-3-8-14(11)19-15-9-2-5-12-6-4-10-18-16(12)15/h3-4,6-8,10,15,19H,2,5,9H2,1H3,(H,20,21). The molecule has 1 aliphatic rings. The van der Waals surface area contributed by atoms with Gasteiger partial charge in [0, 0.05) is 11.9 Å². The van der Waals surface area contributed by atoms with Crippen molar-refractivity contribution in [2.75, 3.05) is 5.32 Å². The lowest BCUT2D eigenvalue weighted by atomic mass is 9.91. The molecule has 0 saturated heterocycles. The summed E-state index contributed by atoms with van der Waals surface area (Å²) in [4.78, 5) is 15.7. The Morgan fingerprint density at radius 1 is 1.33 bits per heavy atom. The zero-order valence-corrected chi connectivity index (χ0v) is 12.0. The van der Waals surface area contributed by atoms with Crippen LogP contribution in [0.5, 0.6) is 0 Å². The van der Waals surface area contributed by atoms with E-state index in [1.54, 1.807) is 12.1 Å². The second-order valence-electron chi connectivity index (χ2n) is 5.42. The smallest absolute Gasteiger partial charge is 0.336 e. The van der Waals surface area contributed by atoms with E-state index in [-0.39, 0.29) is 6.04 Å². The number of aromatic nitrogens is 1. The molecule has 21 heavy (non-hydrogen) atoms. The van der Waals surface area contributed by atoms with Gasteiger partial charge in [0.1, 0.15) is 0 Å². The van der Waals surface area contributed by atoms with E-state index >= 15 is 0 Å². The molecule has 4 heteroatoms. The molecule has 1 aliphatic carbocycles. The van der Waals surface area contributed by atoms with Crippen LogP contribution in [0.3, 0.4) is 0 Å². The van der Waals surface area contributed by atoms with Crippen LogP contribution in [0.1, 0.15) is 46.1 Å². The third kappa shape index (κ3) is 2.61. The van der Waals surface area contributed by atoms with Gasteiger partial charge in [-0.15, -0.1) is 0 Å². The van der Waals surface area contributed by atoms with Gasteiger partial charge in [-0.3, -0.25) is 4.98 Å². The first kappa shape index (κ1) is 13.6. The quantitative estimate of drug-likeness (QED) is 0.903. The second-order valence-corrected chi connectivity index (χ2v) is 5.42. The van der Waals surface area contributed by atoms with Crippen molar-refractivity contribution < 1.29 is 9.90 Å². The fourth-order valence-electron chi connectivity index (χ4n) is 2.96. The van der Waals surface area contributed by atoms with Crippen molar-refractivity contribution in [1.29, 1.82) is 0 Å². The van der Waals surface area contributed by atoms with Gasteiger partial charge in [0.05, 0.1) is 17.3 Å². The van der Waals surface area contributed by atoms with Crippen molar-refractivity contribution >= 4 is 11.7 Å². The fraction of sp³-hybridized carbons (Fsp3) is 0.294. The van der Waals surface area contributed by atoms with Gasteiger partial charge in [0.25, 0.3) is 0 Å². The lowest BCUT2D eigenvalue weighted by Crippen LogP contribution is -2.19. The summed E-state index contributed by atoms with van der Waals surface area (Å²) in [7, 11) is 0. The van der Waals surface area contributed by atoms with Crippen molar-refractivity contribution in [2.45, 2.75) is 32.2 Å². The lowest BCUT2D eigenvalue weighted by Gasteiger charge is -2.27. The van der Waals surface area contributed by atoms with E-state index in [9.17, 15) is 9.90 Å². The van der Waals surface area contributed by atoms with Crippen LogP contribution < -0.4 is 5.32 Å². The Morgan fingerprint density at radius 2 is 2.19 bits per heavy atom. The summed E-state index contributed by atoms with van der Waals surface area (Å²) in [6, 6.07) is 9.59. The van der Waals surface area contributed by atoms with Gasteiger partial charge >= 0.3 is 5.97 Å². The highest BCUT2D eigenvalue weighted by atomic mass is 16.4. The van der Waals surface area contributed by atoms with Gasteiger partial charge in [-0.05, 0) is 55.5 Å². The number of aromatic carboxylic acids is 1. The molecule has 1 aromatic heterocycles. The first-order chi connectivity index (χ1) is 10.2. The molecule has 0 aliphatic heterocycles. The number of hydrogen-bond acceptors (Lipinski definition) is 3. The van der Waals surface area contributed by atoms with Crippen LogP contribution in [0.4, 0.5) is 5.69 Å². The number of carboxylic acid groups (broad SMARTS) is 1. The van der Waals surface area contributed by atoms with Crippen molar-refractivity contribution in [2.24, 2.45) is 0 Å². The normalized spacial score (nSPS) is 17.1. The number of nitrogens with zero attached hydrogens (tertiary/aromatic N) is 1. The van der Waals surface area contributed by atoms with Crippen molar-refractivity contribution in [1.82, 2.24) is 4.98 Å². The average Bonchev–Trinajstić information content (AvgIpc) is 2.49. The minimum Gasteiger partial charge on any atom is -0.478 e. The van der Waals surface area contributed by atoms with Crippen LogP contribution >= 0.6 is 0 Å². The minimum absolute atomic E-state index is 0.151. The minimum atomic E-state index is -0.890. The molecule has 0 saturated carbocycles. The van der Waals surface area contributed by atoms with Crippen molar-refractivity contribution in [3.8, 4) is 0 Å². The number of nitrogens with one attached hydrogen (secondary N) is 1. The maximum atomic E-state index is 11.2.